The van der Waals surface area contributed by atoms with Gasteiger partial charge in [0.1, 0.15) is 0 Å². The molecule has 0 aliphatic carbocycles. The molecule has 11 heavy (non-hydrogen) atoms. The lowest BCUT2D eigenvalue weighted by atomic mass is 10.1. The highest BCUT2D eigenvalue weighted by Crippen LogP contribution is 2.18. The highest BCUT2D eigenvalue weighted by atomic mass is 14.9. The van der Waals surface area contributed by atoms with E-state index in [1.807, 2.05) is 0 Å². The normalized spacial score (nSPS) is 10.5. The maximum Gasteiger partial charge on any atom is 0.0805 e. The van der Waals surface area contributed by atoms with Crippen molar-refractivity contribution in [2.24, 2.45) is 11.5 Å². The van der Waals surface area contributed by atoms with E-state index in [4.69, 9.17) is 22.9 Å². The van der Waals surface area contributed by atoms with Crippen LogP contribution in [-0.2, 0) is 0 Å². The molecule has 4 nitrogen and oxygen atoms in total. The summed E-state index contributed by atoms with van der Waals surface area (Å²) in [6.45, 7) is 0. The molecule has 0 aliphatic rings. The smallest absolute Gasteiger partial charge is 0.0805 e. The third-order valence-corrected chi connectivity index (χ3v) is 1.47. The Balaban J connectivity index is 3.13. The molecule has 0 saturated heterocycles. The van der Waals surface area contributed by atoms with E-state index in [9.17, 15) is 0 Å². The van der Waals surface area contributed by atoms with Crippen LogP contribution in [0.25, 0.3) is 0 Å². The number of benzene rings is 1. The van der Waals surface area contributed by atoms with Crippen LogP contribution in [-0.4, -0.2) is 0 Å². The van der Waals surface area contributed by atoms with E-state index >= 15 is 0 Å². The molecule has 60 valence electrons. The van der Waals surface area contributed by atoms with Gasteiger partial charge in [-0.15, -0.1) is 0 Å². The average Bonchev–Trinajstić information content (AvgIpc) is 1.94. The van der Waals surface area contributed by atoms with Crippen molar-refractivity contribution in [3.05, 3.63) is 23.8 Å². The molecule has 0 unspecified atom stereocenters. The Hall–Kier alpha value is -1.26. The maximum atomic E-state index is 5.57. The van der Waals surface area contributed by atoms with Crippen molar-refractivity contribution in [3.8, 4) is 0 Å². The highest BCUT2D eigenvalue weighted by Gasteiger charge is 2.03. The van der Waals surface area contributed by atoms with Gasteiger partial charge in [0.25, 0.3) is 0 Å². The molecule has 0 heterocycles. The Bertz CT molecular complexity index is 257. The number of rotatable bonds is 1. The second kappa shape index (κ2) is 2.77. The first kappa shape index (κ1) is 7.84. The SMILES string of the molecule is Nc1ccc(N)c(C(N)N)c1. The molecule has 0 bridgehead atoms. The van der Waals surface area contributed by atoms with Crippen LogP contribution in [0.5, 0.6) is 0 Å². The van der Waals surface area contributed by atoms with Crippen LogP contribution >= 0.6 is 0 Å². The van der Waals surface area contributed by atoms with Crippen molar-refractivity contribution in [3.63, 3.8) is 0 Å². The van der Waals surface area contributed by atoms with E-state index in [0.717, 1.165) is 0 Å². The van der Waals surface area contributed by atoms with Crippen molar-refractivity contribution in [2.45, 2.75) is 6.17 Å². The van der Waals surface area contributed by atoms with Gasteiger partial charge in [-0.05, 0) is 18.2 Å². The first-order valence-corrected chi connectivity index (χ1v) is 3.27. The summed E-state index contributed by atoms with van der Waals surface area (Å²) >= 11 is 0. The molecule has 0 aliphatic heterocycles. The summed E-state index contributed by atoms with van der Waals surface area (Å²) in [6.07, 6.45) is -0.557. The van der Waals surface area contributed by atoms with Gasteiger partial charge in [-0.2, -0.15) is 0 Å². The van der Waals surface area contributed by atoms with Crippen molar-refractivity contribution in [2.75, 3.05) is 11.5 Å². The largest absolute Gasteiger partial charge is 0.399 e. The second-order valence-electron chi connectivity index (χ2n) is 2.41. The van der Waals surface area contributed by atoms with E-state index in [2.05, 4.69) is 0 Å². The van der Waals surface area contributed by atoms with Gasteiger partial charge >= 0.3 is 0 Å². The predicted molar refractivity (Wildman–Crippen MR) is 46.4 cm³/mol. The minimum absolute atomic E-state index is 0.557. The van der Waals surface area contributed by atoms with Gasteiger partial charge in [-0.25, -0.2) is 0 Å². The second-order valence-corrected chi connectivity index (χ2v) is 2.41. The molecule has 1 rings (SSSR count). The topological polar surface area (TPSA) is 104 Å². The molecule has 0 saturated carbocycles. The Morgan fingerprint density at radius 2 is 1.73 bits per heavy atom. The summed E-state index contributed by atoms with van der Waals surface area (Å²) in [5.41, 5.74) is 23.8. The fraction of sp³-hybridized carbons (Fsp3) is 0.143. The molecule has 0 atom stereocenters. The lowest BCUT2D eigenvalue weighted by molar-refractivity contribution is 0.777. The minimum Gasteiger partial charge on any atom is -0.399 e. The molecule has 0 aromatic heterocycles. The number of anilines is 2. The fourth-order valence-electron chi connectivity index (χ4n) is 0.882. The molecule has 0 amide bonds. The van der Waals surface area contributed by atoms with Crippen molar-refractivity contribution < 1.29 is 0 Å². The number of nitrogen functional groups attached to an aromatic ring is 2. The molecule has 1 aromatic carbocycles. The van der Waals surface area contributed by atoms with E-state index < -0.39 is 6.17 Å². The molecule has 0 radical (unpaired) electrons. The molecule has 0 spiro atoms. The van der Waals surface area contributed by atoms with Crippen LogP contribution in [0.15, 0.2) is 18.2 Å². The number of hydrogen-bond donors (Lipinski definition) is 4. The standard InChI is InChI=1S/C7H12N4/c8-4-1-2-6(9)5(3-4)7(10)11/h1-3,7H,8-11H2. The van der Waals surface area contributed by atoms with Crippen LogP contribution in [0.1, 0.15) is 11.7 Å². The van der Waals surface area contributed by atoms with Crippen LogP contribution in [0.3, 0.4) is 0 Å². The van der Waals surface area contributed by atoms with Gasteiger partial charge in [0.05, 0.1) is 6.17 Å². The number of hydrogen-bond acceptors (Lipinski definition) is 4. The zero-order valence-corrected chi connectivity index (χ0v) is 6.12. The van der Waals surface area contributed by atoms with Crippen molar-refractivity contribution in [1.82, 2.24) is 0 Å². The van der Waals surface area contributed by atoms with E-state index in [0.29, 0.717) is 16.9 Å². The number of nitrogens with two attached hydrogens (primary N) is 4. The Morgan fingerprint density at radius 1 is 1.09 bits per heavy atom. The summed E-state index contributed by atoms with van der Waals surface area (Å²) in [4.78, 5) is 0. The Morgan fingerprint density at radius 3 is 2.18 bits per heavy atom. The van der Waals surface area contributed by atoms with Crippen LogP contribution in [0.4, 0.5) is 11.4 Å². The molecule has 1 aromatic rings. The van der Waals surface area contributed by atoms with Crippen LogP contribution in [0, 0.1) is 0 Å². The molecular formula is C7H12N4. The Kier molecular flexibility index (Phi) is 1.98. The van der Waals surface area contributed by atoms with Gasteiger partial charge in [0, 0.05) is 16.9 Å². The maximum absolute atomic E-state index is 5.57. The molecule has 4 heteroatoms. The van der Waals surface area contributed by atoms with Gasteiger partial charge in [0.2, 0.25) is 0 Å². The zero-order valence-electron chi connectivity index (χ0n) is 6.12. The van der Waals surface area contributed by atoms with Gasteiger partial charge in [-0.3, -0.25) is 0 Å². The summed E-state index contributed by atoms with van der Waals surface area (Å²) in [5, 5.41) is 0. The van der Waals surface area contributed by atoms with Crippen LogP contribution in [0.2, 0.25) is 0 Å². The van der Waals surface area contributed by atoms with Gasteiger partial charge in [0.15, 0.2) is 0 Å². The average molecular weight is 152 g/mol. The fourth-order valence-corrected chi connectivity index (χ4v) is 0.882. The Labute approximate surface area is 65.2 Å². The third kappa shape index (κ3) is 1.60. The quantitative estimate of drug-likeness (QED) is 0.329. The lowest BCUT2D eigenvalue weighted by Gasteiger charge is -2.09. The molecule has 0 fully saturated rings. The van der Waals surface area contributed by atoms with Crippen molar-refractivity contribution >= 4 is 11.4 Å². The summed E-state index contributed by atoms with van der Waals surface area (Å²) in [5.74, 6) is 0. The molecular weight excluding hydrogens is 140 g/mol. The third-order valence-electron chi connectivity index (χ3n) is 1.47. The molecule has 8 N–H and O–H groups in total. The first-order chi connectivity index (χ1) is 5.11. The summed E-state index contributed by atoms with van der Waals surface area (Å²) in [7, 11) is 0. The van der Waals surface area contributed by atoms with Crippen LogP contribution < -0.4 is 22.9 Å². The zero-order chi connectivity index (χ0) is 8.43. The lowest BCUT2D eigenvalue weighted by Crippen LogP contribution is -2.21. The highest BCUT2D eigenvalue weighted by molar-refractivity contribution is 5.56. The van der Waals surface area contributed by atoms with E-state index in [-0.39, 0.29) is 0 Å². The minimum atomic E-state index is -0.557. The van der Waals surface area contributed by atoms with Gasteiger partial charge in [-0.1, -0.05) is 0 Å². The van der Waals surface area contributed by atoms with Gasteiger partial charge < -0.3 is 22.9 Å². The summed E-state index contributed by atoms with van der Waals surface area (Å²) in [6, 6.07) is 5.08. The summed E-state index contributed by atoms with van der Waals surface area (Å²) < 4.78 is 0. The monoisotopic (exact) mass is 152 g/mol. The predicted octanol–water partition coefficient (Wildman–Crippen LogP) is -0.233. The first-order valence-electron chi connectivity index (χ1n) is 3.27. The van der Waals surface area contributed by atoms with Crippen molar-refractivity contribution in [1.29, 1.82) is 0 Å². The van der Waals surface area contributed by atoms with E-state index in [1.54, 1.807) is 18.2 Å². The van der Waals surface area contributed by atoms with E-state index in [1.165, 1.54) is 0 Å².